The highest BCUT2D eigenvalue weighted by atomic mass is 19.1. The molecular weight excluding hydrogens is 417 g/mol. The van der Waals surface area contributed by atoms with Crippen molar-refractivity contribution in [1.82, 2.24) is 24.6 Å². The molecule has 2 aromatic heterocycles. The number of hydrogen-bond acceptors (Lipinski definition) is 5. The maximum Gasteiger partial charge on any atom is 0.176 e. The minimum Gasteiger partial charge on any atom is -0.328 e. The second-order valence-corrected chi connectivity index (χ2v) is 10.0. The predicted octanol–water partition coefficient (Wildman–Crippen LogP) is 4.40. The van der Waals surface area contributed by atoms with E-state index in [-0.39, 0.29) is 25.0 Å². The van der Waals surface area contributed by atoms with E-state index in [2.05, 4.69) is 44.6 Å². The van der Waals surface area contributed by atoms with Crippen molar-refractivity contribution in [3.63, 3.8) is 0 Å². The molecule has 7 heteroatoms. The molecule has 0 radical (unpaired) electrons. The number of aromatic nitrogens is 4. The molecule has 5 rings (SSSR count). The van der Waals surface area contributed by atoms with E-state index >= 15 is 4.39 Å². The molecule has 0 N–H and O–H groups in total. The first-order chi connectivity index (χ1) is 15.9. The van der Waals surface area contributed by atoms with Crippen molar-refractivity contribution in [1.29, 1.82) is 0 Å². The first kappa shape index (κ1) is 22.1. The molecule has 0 aliphatic carbocycles. The lowest BCUT2D eigenvalue weighted by Crippen LogP contribution is -2.47. The van der Waals surface area contributed by atoms with Crippen LogP contribution in [-0.2, 0) is 24.2 Å². The summed E-state index contributed by atoms with van der Waals surface area (Å²) in [5, 5.41) is 9.44. The number of fused-ring (bicyclic) bond motifs is 2. The van der Waals surface area contributed by atoms with Crippen LogP contribution in [0.4, 0.5) is 4.39 Å². The van der Waals surface area contributed by atoms with Gasteiger partial charge < -0.3 is 9.47 Å². The maximum atomic E-state index is 15.5. The standard InChI is InChI=1S/C26H32FN5O/c1-18(2)17-31-11-8-26(27,9-12-31)24(33)15-21-14-20-13-19(6-7-22(20)30-29-21)23-16-28-25-5-3-4-10-32(23)25/h6-7,13-14,16,18H,3-5,8-12,15,17H2,1-2H3. The predicted molar refractivity (Wildman–Crippen MR) is 127 cm³/mol. The molecule has 6 nitrogen and oxygen atoms in total. The Balaban J connectivity index is 1.33. The third-order valence-electron chi connectivity index (χ3n) is 7.02. The number of benzene rings is 1. The molecule has 2 aliphatic rings. The minimum absolute atomic E-state index is 0.0179. The van der Waals surface area contributed by atoms with E-state index < -0.39 is 5.67 Å². The molecule has 1 fully saturated rings. The Bertz CT molecular complexity index is 1160. The fourth-order valence-corrected chi connectivity index (χ4v) is 5.19. The van der Waals surface area contributed by atoms with Gasteiger partial charge in [-0.25, -0.2) is 9.37 Å². The summed E-state index contributed by atoms with van der Waals surface area (Å²) in [6.07, 6.45) is 5.82. The van der Waals surface area contributed by atoms with Gasteiger partial charge in [-0.05, 0) is 37.0 Å². The second kappa shape index (κ2) is 8.93. The van der Waals surface area contributed by atoms with E-state index in [1.807, 2.05) is 24.4 Å². The van der Waals surface area contributed by atoms with Crippen molar-refractivity contribution >= 4 is 16.7 Å². The minimum atomic E-state index is -1.76. The van der Waals surface area contributed by atoms with Gasteiger partial charge in [-0.1, -0.05) is 19.9 Å². The molecule has 0 spiro atoms. The van der Waals surface area contributed by atoms with Crippen LogP contribution < -0.4 is 0 Å². The molecule has 0 amide bonds. The number of nitrogens with zero attached hydrogens (tertiary/aromatic N) is 5. The highest BCUT2D eigenvalue weighted by Gasteiger charge is 2.41. The van der Waals surface area contributed by atoms with Crippen LogP contribution in [0.25, 0.3) is 22.2 Å². The van der Waals surface area contributed by atoms with Gasteiger partial charge >= 0.3 is 0 Å². The Morgan fingerprint density at radius 1 is 1.12 bits per heavy atom. The van der Waals surface area contributed by atoms with Crippen LogP contribution in [0, 0.1) is 5.92 Å². The van der Waals surface area contributed by atoms with Gasteiger partial charge in [-0.3, -0.25) is 4.79 Å². The van der Waals surface area contributed by atoms with Gasteiger partial charge in [0.25, 0.3) is 0 Å². The number of likely N-dealkylation sites (tertiary alicyclic amines) is 1. The number of rotatable bonds is 6. The van der Waals surface area contributed by atoms with Gasteiger partial charge in [0, 0.05) is 56.4 Å². The number of halogens is 1. The van der Waals surface area contributed by atoms with E-state index in [0.717, 1.165) is 47.5 Å². The summed E-state index contributed by atoms with van der Waals surface area (Å²) in [5.41, 5.74) is 1.72. The van der Waals surface area contributed by atoms with E-state index in [0.29, 0.717) is 24.7 Å². The van der Waals surface area contributed by atoms with Gasteiger partial charge in [0.15, 0.2) is 11.5 Å². The zero-order chi connectivity index (χ0) is 23.0. The van der Waals surface area contributed by atoms with Crippen molar-refractivity contribution < 1.29 is 9.18 Å². The van der Waals surface area contributed by atoms with E-state index in [1.54, 1.807) is 0 Å². The molecule has 174 valence electrons. The van der Waals surface area contributed by atoms with Crippen molar-refractivity contribution in [2.75, 3.05) is 19.6 Å². The van der Waals surface area contributed by atoms with Crippen molar-refractivity contribution in [2.45, 2.75) is 64.6 Å². The number of imidazole rings is 1. The number of Topliss-reactive ketones (excluding diaryl/α,β-unsaturated/α-hetero) is 1. The van der Waals surface area contributed by atoms with Gasteiger partial charge in [-0.15, -0.1) is 0 Å². The Hall–Kier alpha value is -2.67. The molecule has 0 bridgehead atoms. The Morgan fingerprint density at radius 2 is 1.94 bits per heavy atom. The highest BCUT2D eigenvalue weighted by molar-refractivity contribution is 5.90. The summed E-state index contributed by atoms with van der Waals surface area (Å²) in [6.45, 7) is 7.51. The topological polar surface area (TPSA) is 63.9 Å². The van der Waals surface area contributed by atoms with Crippen molar-refractivity contribution in [2.24, 2.45) is 5.92 Å². The third-order valence-corrected chi connectivity index (χ3v) is 7.02. The van der Waals surface area contributed by atoms with E-state index in [1.165, 1.54) is 12.8 Å². The largest absolute Gasteiger partial charge is 0.328 e. The van der Waals surface area contributed by atoms with Crippen LogP contribution in [0.2, 0.25) is 0 Å². The second-order valence-electron chi connectivity index (χ2n) is 10.0. The Labute approximate surface area is 194 Å². The monoisotopic (exact) mass is 449 g/mol. The number of alkyl halides is 1. The average molecular weight is 450 g/mol. The number of carbonyl (C=O) groups excluding carboxylic acids is 1. The van der Waals surface area contributed by atoms with Crippen LogP contribution in [0.3, 0.4) is 0 Å². The number of hydrogen-bond donors (Lipinski definition) is 0. The van der Waals surface area contributed by atoms with Crippen molar-refractivity contribution in [3.8, 4) is 11.3 Å². The van der Waals surface area contributed by atoms with E-state index in [9.17, 15) is 4.79 Å². The first-order valence-corrected chi connectivity index (χ1v) is 12.2. The molecule has 4 heterocycles. The molecular formula is C26H32FN5O. The third kappa shape index (κ3) is 4.56. The van der Waals surface area contributed by atoms with Crippen molar-refractivity contribution in [3.05, 3.63) is 42.0 Å². The lowest BCUT2D eigenvalue weighted by molar-refractivity contribution is -0.133. The van der Waals surface area contributed by atoms with Crippen LogP contribution in [-0.4, -0.2) is 55.7 Å². The molecule has 0 atom stereocenters. The van der Waals surface area contributed by atoms with Crippen LogP contribution in [0.1, 0.15) is 51.0 Å². The molecule has 2 aliphatic heterocycles. The number of ketones is 1. The number of piperidine rings is 1. The summed E-state index contributed by atoms with van der Waals surface area (Å²) in [4.78, 5) is 19.7. The lowest BCUT2D eigenvalue weighted by atomic mass is 9.86. The number of aryl methyl sites for hydroxylation is 1. The zero-order valence-electron chi connectivity index (χ0n) is 19.6. The fraction of sp³-hybridized carbons (Fsp3) is 0.538. The lowest BCUT2D eigenvalue weighted by Gasteiger charge is -2.36. The summed E-state index contributed by atoms with van der Waals surface area (Å²) in [7, 11) is 0. The molecule has 33 heavy (non-hydrogen) atoms. The van der Waals surface area contributed by atoms with Crippen LogP contribution >= 0.6 is 0 Å². The number of carbonyl (C=O) groups is 1. The zero-order valence-corrected chi connectivity index (χ0v) is 19.6. The highest BCUT2D eigenvalue weighted by Crippen LogP contribution is 2.30. The average Bonchev–Trinajstić information content (AvgIpc) is 3.24. The first-order valence-electron chi connectivity index (χ1n) is 12.2. The summed E-state index contributed by atoms with van der Waals surface area (Å²) >= 11 is 0. The summed E-state index contributed by atoms with van der Waals surface area (Å²) in [6, 6.07) is 7.95. The Kier molecular flexibility index (Phi) is 5.99. The van der Waals surface area contributed by atoms with Gasteiger partial charge in [-0.2, -0.15) is 10.2 Å². The van der Waals surface area contributed by atoms with Gasteiger partial charge in [0.05, 0.1) is 29.5 Å². The van der Waals surface area contributed by atoms with Crippen LogP contribution in [0.5, 0.6) is 0 Å². The molecule has 0 unspecified atom stereocenters. The maximum absolute atomic E-state index is 15.5. The normalized spacial score (nSPS) is 18.5. The van der Waals surface area contributed by atoms with E-state index in [4.69, 9.17) is 0 Å². The summed E-state index contributed by atoms with van der Waals surface area (Å²) < 4.78 is 17.7. The molecule has 1 saturated heterocycles. The molecule has 0 saturated carbocycles. The quantitative estimate of drug-likeness (QED) is 0.558. The molecule has 3 aromatic rings. The SMILES string of the molecule is CC(C)CN1CCC(F)(C(=O)Cc2cc3cc(-c4cnc5n4CCCC5)ccc3nn2)CC1. The smallest absolute Gasteiger partial charge is 0.176 e. The summed E-state index contributed by atoms with van der Waals surface area (Å²) in [5.74, 6) is 1.31. The molecule has 1 aromatic carbocycles. The van der Waals surface area contributed by atoms with Gasteiger partial charge in [0.1, 0.15) is 5.82 Å². The fourth-order valence-electron chi connectivity index (χ4n) is 5.19. The van der Waals surface area contributed by atoms with Crippen LogP contribution in [0.15, 0.2) is 30.5 Å². The Morgan fingerprint density at radius 3 is 2.73 bits per heavy atom. The van der Waals surface area contributed by atoms with Gasteiger partial charge in [0.2, 0.25) is 0 Å².